The molecule has 5 heteroatoms. The average Bonchev–Trinajstić information content (AvgIpc) is 3.12. The largest absolute Gasteiger partial charge is 0.308 e. The van der Waals surface area contributed by atoms with E-state index >= 15 is 0 Å². The van der Waals surface area contributed by atoms with Crippen LogP contribution in [-0.4, -0.2) is 27.7 Å². The van der Waals surface area contributed by atoms with Gasteiger partial charge in [0.2, 0.25) is 5.96 Å². The van der Waals surface area contributed by atoms with Crippen LogP contribution in [0.3, 0.4) is 0 Å². The van der Waals surface area contributed by atoms with E-state index in [2.05, 4.69) is 46.5 Å². The molecular weight excluding hydrogens is 358 g/mol. The highest BCUT2D eigenvalue weighted by atomic mass is 15.2. The SMILES string of the molecule is CCC1N=C(Nc2nc(-c3cccc4ccccc34)nc3ccccc23)N=C1C. The Morgan fingerprint density at radius 1 is 0.862 bits per heavy atom. The number of aliphatic imine (C=N–C) groups is 2. The first-order chi connectivity index (χ1) is 14.2. The Hall–Kier alpha value is -3.60. The number of rotatable bonds is 3. The zero-order valence-electron chi connectivity index (χ0n) is 16.4. The van der Waals surface area contributed by atoms with Gasteiger partial charge in [-0.1, -0.05) is 61.5 Å². The monoisotopic (exact) mass is 379 g/mol. The molecule has 0 aliphatic carbocycles. The molecule has 1 aromatic heterocycles. The second-order valence-electron chi connectivity index (χ2n) is 7.19. The lowest BCUT2D eigenvalue weighted by molar-refractivity contribution is 0.832. The molecule has 0 saturated carbocycles. The van der Waals surface area contributed by atoms with Crippen molar-refractivity contribution < 1.29 is 0 Å². The summed E-state index contributed by atoms with van der Waals surface area (Å²) in [6.07, 6.45) is 0.937. The van der Waals surface area contributed by atoms with Crippen LogP contribution in [0.15, 0.2) is 76.7 Å². The minimum Gasteiger partial charge on any atom is -0.308 e. The minimum atomic E-state index is 0.142. The second kappa shape index (κ2) is 7.09. The summed E-state index contributed by atoms with van der Waals surface area (Å²) in [5.41, 5.74) is 2.93. The number of aromatic nitrogens is 2. The normalized spacial score (nSPS) is 16.1. The molecule has 1 atom stereocenters. The van der Waals surface area contributed by atoms with Crippen LogP contribution in [0.25, 0.3) is 33.1 Å². The summed E-state index contributed by atoms with van der Waals surface area (Å²) in [6.45, 7) is 4.14. The quantitative estimate of drug-likeness (QED) is 0.513. The minimum absolute atomic E-state index is 0.142. The van der Waals surface area contributed by atoms with Gasteiger partial charge in [0.15, 0.2) is 5.82 Å². The highest BCUT2D eigenvalue weighted by Gasteiger charge is 2.19. The van der Waals surface area contributed by atoms with Gasteiger partial charge in [-0.05, 0) is 36.2 Å². The van der Waals surface area contributed by atoms with Crippen LogP contribution < -0.4 is 5.32 Å². The van der Waals surface area contributed by atoms with Crippen LogP contribution in [0, 0.1) is 0 Å². The van der Waals surface area contributed by atoms with Crippen molar-refractivity contribution in [3.63, 3.8) is 0 Å². The number of benzene rings is 3. The molecule has 3 aromatic carbocycles. The van der Waals surface area contributed by atoms with E-state index in [9.17, 15) is 0 Å². The third-order valence-corrected chi connectivity index (χ3v) is 5.29. The fraction of sp³-hybridized carbons (Fsp3) is 0.167. The van der Waals surface area contributed by atoms with E-state index in [1.54, 1.807) is 0 Å². The Labute approximate surface area is 169 Å². The Bertz CT molecular complexity index is 1280. The molecule has 0 radical (unpaired) electrons. The van der Waals surface area contributed by atoms with Gasteiger partial charge in [-0.15, -0.1) is 0 Å². The predicted octanol–water partition coefficient (Wildman–Crippen LogP) is 5.47. The molecule has 0 fully saturated rings. The first kappa shape index (κ1) is 17.5. The molecule has 142 valence electrons. The number of para-hydroxylation sites is 1. The molecule has 1 aliphatic heterocycles. The van der Waals surface area contributed by atoms with E-state index in [1.807, 2.05) is 49.4 Å². The number of hydrogen-bond acceptors (Lipinski definition) is 5. The van der Waals surface area contributed by atoms with Crippen molar-refractivity contribution in [1.82, 2.24) is 9.97 Å². The molecule has 4 aromatic rings. The fourth-order valence-corrected chi connectivity index (χ4v) is 3.78. The highest BCUT2D eigenvalue weighted by Crippen LogP contribution is 2.30. The van der Waals surface area contributed by atoms with Gasteiger partial charge in [0.25, 0.3) is 0 Å². The third kappa shape index (κ3) is 3.14. The summed E-state index contributed by atoms with van der Waals surface area (Å²) in [5.74, 6) is 2.03. The van der Waals surface area contributed by atoms with Gasteiger partial charge in [-0.25, -0.2) is 20.0 Å². The van der Waals surface area contributed by atoms with E-state index < -0.39 is 0 Å². The van der Waals surface area contributed by atoms with Crippen molar-refractivity contribution >= 4 is 39.2 Å². The zero-order valence-corrected chi connectivity index (χ0v) is 16.4. The van der Waals surface area contributed by atoms with Crippen LogP contribution in [0.5, 0.6) is 0 Å². The van der Waals surface area contributed by atoms with Crippen molar-refractivity contribution in [3.05, 3.63) is 66.7 Å². The van der Waals surface area contributed by atoms with Gasteiger partial charge in [0.05, 0.1) is 11.6 Å². The molecule has 0 saturated heterocycles. The highest BCUT2D eigenvalue weighted by molar-refractivity contribution is 6.11. The van der Waals surface area contributed by atoms with E-state index in [0.29, 0.717) is 11.8 Å². The van der Waals surface area contributed by atoms with Crippen LogP contribution >= 0.6 is 0 Å². The topological polar surface area (TPSA) is 62.5 Å². The molecule has 1 aliphatic rings. The standard InChI is InChI=1S/C24H21N5/c1-3-20-15(2)25-24(27-20)29-23-19-12-6-7-14-21(19)26-22(28-23)18-13-8-10-16-9-4-5-11-17(16)18/h4-14,20H,3H2,1-2H3,(H,26,27,28,29). The molecule has 0 spiro atoms. The summed E-state index contributed by atoms with van der Waals surface area (Å²) < 4.78 is 0. The molecule has 1 N–H and O–H groups in total. The summed E-state index contributed by atoms with van der Waals surface area (Å²) in [7, 11) is 0. The van der Waals surface area contributed by atoms with E-state index in [-0.39, 0.29) is 6.04 Å². The van der Waals surface area contributed by atoms with Gasteiger partial charge in [-0.3, -0.25) is 0 Å². The maximum atomic E-state index is 4.89. The summed E-state index contributed by atoms with van der Waals surface area (Å²) in [4.78, 5) is 19.0. The zero-order chi connectivity index (χ0) is 19.8. The van der Waals surface area contributed by atoms with Crippen molar-refractivity contribution in [2.24, 2.45) is 9.98 Å². The van der Waals surface area contributed by atoms with Gasteiger partial charge in [0, 0.05) is 16.7 Å². The lowest BCUT2D eigenvalue weighted by Gasteiger charge is -2.11. The van der Waals surface area contributed by atoms with Gasteiger partial charge in [-0.2, -0.15) is 0 Å². The summed E-state index contributed by atoms with van der Waals surface area (Å²) >= 11 is 0. The Balaban J connectivity index is 1.67. The predicted molar refractivity (Wildman–Crippen MR) is 121 cm³/mol. The molecule has 2 heterocycles. The van der Waals surface area contributed by atoms with E-state index in [0.717, 1.165) is 39.8 Å². The summed E-state index contributed by atoms with van der Waals surface area (Å²) in [6, 6.07) is 22.7. The molecule has 0 bridgehead atoms. The van der Waals surface area contributed by atoms with Crippen molar-refractivity contribution in [1.29, 1.82) is 0 Å². The van der Waals surface area contributed by atoms with Crippen LogP contribution in [0.4, 0.5) is 5.82 Å². The number of guanidine groups is 1. The average molecular weight is 379 g/mol. The van der Waals surface area contributed by atoms with Gasteiger partial charge < -0.3 is 5.32 Å². The molecule has 1 unspecified atom stereocenters. The van der Waals surface area contributed by atoms with E-state index in [1.165, 1.54) is 5.39 Å². The third-order valence-electron chi connectivity index (χ3n) is 5.29. The smallest absolute Gasteiger partial charge is 0.224 e. The number of hydrogen-bond donors (Lipinski definition) is 1. The van der Waals surface area contributed by atoms with Gasteiger partial charge >= 0.3 is 0 Å². The van der Waals surface area contributed by atoms with Crippen LogP contribution in [0.1, 0.15) is 20.3 Å². The molecule has 0 amide bonds. The Morgan fingerprint density at radius 3 is 2.45 bits per heavy atom. The maximum absolute atomic E-state index is 4.89. The molecular formula is C24H21N5. The summed E-state index contributed by atoms with van der Waals surface area (Å²) in [5, 5.41) is 6.60. The number of anilines is 1. The lowest BCUT2D eigenvalue weighted by atomic mass is 10.0. The van der Waals surface area contributed by atoms with Crippen molar-refractivity contribution in [3.8, 4) is 11.4 Å². The van der Waals surface area contributed by atoms with Crippen molar-refractivity contribution in [2.45, 2.75) is 26.3 Å². The fourth-order valence-electron chi connectivity index (χ4n) is 3.78. The van der Waals surface area contributed by atoms with E-state index in [4.69, 9.17) is 9.97 Å². The van der Waals surface area contributed by atoms with Crippen molar-refractivity contribution in [2.75, 3.05) is 5.32 Å². The van der Waals surface area contributed by atoms with Gasteiger partial charge in [0.1, 0.15) is 5.82 Å². The number of nitrogens with one attached hydrogen (secondary N) is 1. The maximum Gasteiger partial charge on any atom is 0.224 e. The number of fused-ring (bicyclic) bond motifs is 2. The molecule has 29 heavy (non-hydrogen) atoms. The van der Waals surface area contributed by atoms with Crippen LogP contribution in [-0.2, 0) is 0 Å². The Morgan fingerprint density at radius 2 is 1.62 bits per heavy atom. The first-order valence-corrected chi connectivity index (χ1v) is 9.88. The molecule has 5 nitrogen and oxygen atoms in total. The number of nitrogens with zero attached hydrogens (tertiary/aromatic N) is 4. The second-order valence-corrected chi connectivity index (χ2v) is 7.19. The van der Waals surface area contributed by atoms with Crippen LogP contribution in [0.2, 0.25) is 0 Å². The first-order valence-electron chi connectivity index (χ1n) is 9.88. The molecule has 5 rings (SSSR count). The lowest BCUT2D eigenvalue weighted by Crippen LogP contribution is -2.11. The Kier molecular flexibility index (Phi) is 4.28.